The van der Waals surface area contributed by atoms with E-state index in [2.05, 4.69) is 23.5 Å². The second kappa shape index (κ2) is 8.72. The topological polar surface area (TPSA) is 61.8 Å². The molecule has 1 unspecified atom stereocenters. The lowest BCUT2D eigenvalue weighted by atomic mass is 9.99. The molecule has 2 N–H and O–H groups in total. The molecule has 1 atom stereocenters. The summed E-state index contributed by atoms with van der Waals surface area (Å²) in [7, 11) is 0. The summed E-state index contributed by atoms with van der Waals surface area (Å²) in [6.07, 6.45) is 2.72. The second-order valence-corrected chi connectivity index (χ2v) is 6.58. The van der Waals surface area contributed by atoms with Gasteiger partial charge in [-0.2, -0.15) is 0 Å². The van der Waals surface area contributed by atoms with Gasteiger partial charge in [-0.15, -0.1) is 0 Å². The monoisotopic (exact) mass is 342 g/mol. The summed E-state index contributed by atoms with van der Waals surface area (Å²) in [6, 6.07) is 14.2. The molecule has 0 bridgehead atoms. The van der Waals surface area contributed by atoms with Crippen molar-refractivity contribution in [3.05, 3.63) is 42.5 Å². The van der Waals surface area contributed by atoms with E-state index < -0.39 is 0 Å². The van der Waals surface area contributed by atoms with Crippen molar-refractivity contribution in [1.29, 1.82) is 0 Å². The van der Waals surface area contributed by atoms with Gasteiger partial charge in [-0.1, -0.05) is 30.3 Å². The molecule has 1 aliphatic heterocycles. The Bertz CT molecular complexity index is 704. The number of aliphatic hydroxyl groups excluding tert-OH is 1. The number of benzene rings is 2. The van der Waals surface area contributed by atoms with Gasteiger partial charge in [-0.25, -0.2) is 4.79 Å². The zero-order valence-corrected chi connectivity index (χ0v) is 14.5. The Morgan fingerprint density at radius 3 is 2.92 bits per heavy atom. The van der Waals surface area contributed by atoms with Crippen molar-refractivity contribution in [2.75, 3.05) is 32.8 Å². The Kier molecular flexibility index (Phi) is 6.12. The number of nitrogens with one attached hydrogen (secondary N) is 1. The van der Waals surface area contributed by atoms with Crippen molar-refractivity contribution < 1.29 is 14.6 Å². The number of ether oxygens (including phenoxy) is 1. The number of rotatable bonds is 6. The molecular weight excluding hydrogens is 316 g/mol. The third-order valence-electron chi connectivity index (χ3n) is 4.65. The van der Waals surface area contributed by atoms with Crippen molar-refractivity contribution in [2.24, 2.45) is 5.92 Å². The van der Waals surface area contributed by atoms with Crippen molar-refractivity contribution in [1.82, 2.24) is 10.2 Å². The van der Waals surface area contributed by atoms with E-state index in [0.717, 1.165) is 36.9 Å². The molecule has 0 aliphatic carbocycles. The van der Waals surface area contributed by atoms with Crippen LogP contribution in [-0.4, -0.2) is 48.9 Å². The van der Waals surface area contributed by atoms with E-state index in [-0.39, 0.29) is 18.6 Å². The summed E-state index contributed by atoms with van der Waals surface area (Å²) >= 11 is 0. The van der Waals surface area contributed by atoms with Gasteiger partial charge in [0.15, 0.2) is 0 Å². The largest absolute Gasteiger partial charge is 0.494 e. The molecule has 0 spiro atoms. The van der Waals surface area contributed by atoms with Crippen LogP contribution in [0.2, 0.25) is 0 Å². The molecule has 5 heteroatoms. The van der Waals surface area contributed by atoms with E-state index in [1.807, 2.05) is 24.3 Å². The Morgan fingerprint density at radius 2 is 2.08 bits per heavy atom. The molecule has 0 radical (unpaired) electrons. The van der Waals surface area contributed by atoms with E-state index in [0.29, 0.717) is 19.7 Å². The Labute approximate surface area is 148 Å². The molecule has 3 rings (SSSR count). The fraction of sp³-hybridized carbons (Fsp3) is 0.450. The van der Waals surface area contributed by atoms with Crippen molar-refractivity contribution in [3.8, 4) is 5.75 Å². The third-order valence-corrected chi connectivity index (χ3v) is 4.65. The lowest BCUT2D eigenvalue weighted by Gasteiger charge is -2.31. The fourth-order valence-corrected chi connectivity index (χ4v) is 3.23. The molecule has 25 heavy (non-hydrogen) atoms. The fourth-order valence-electron chi connectivity index (χ4n) is 3.23. The van der Waals surface area contributed by atoms with E-state index in [9.17, 15) is 9.90 Å². The molecule has 2 amide bonds. The zero-order chi connectivity index (χ0) is 17.5. The number of hydrogen-bond donors (Lipinski definition) is 2. The highest BCUT2D eigenvalue weighted by Gasteiger charge is 2.22. The summed E-state index contributed by atoms with van der Waals surface area (Å²) < 4.78 is 5.78. The van der Waals surface area contributed by atoms with Crippen LogP contribution in [-0.2, 0) is 0 Å². The number of carbonyl (C=O) groups is 1. The Balaban J connectivity index is 1.37. The van der Waals surface area contributed by atoms with Gasteiger partial charge in [0.25, 0.3) is 0 Å². The molecule has 2 aromatic carbocycles. The molecule has 1 heterocycles. The molecule has 0 saturated carbocycles. The summed E-state index contributed by atoms with van der Waals surface area (Å²) in [5, 5.41) is 14.5. The molecule has 5 nitrogen and oxygen atoms in total. The van der Waals surface area contributed by atoms with Crippen LogP contribution in [0.15, 0.2) is 42.5 Å². The van der Waals surface area contributed by atoms with Gasteiger partial charge >= 0.3 is 6.03 Å². The Morgan fingerprint density at radius 1 is 1.24 bits per heavy atom. The standard InChI is InChI=1S/C20H26N2O3/c23-15-16-5-3-11-22(14-16)20(24)21-10-4-12-25-19-9-8-17-6-1-2-7-18(17)13-19/h1-2,6-9,13,16,23H,3-5,10-12,14-15H2,(H,21,24). The van der Waals surface area contributed by atoms with Crippen LogP contribution >= 0.6 is 0 Å². The summed E-state index contributed by atoms with van der Waals surface area (Å²) in [5.41, 5.74) is 0. The van der Waals surface area contributed by atoms with Crippen molar-refractivity contribution in [3.63, 3.8) is 0 Å². The van der Waals surface area contributed by atoms with Crippen LogP contribution < -0.4 is 10.1 Å². The Hall–Kier alpha value is -2.27. The highest BCUT2D eigenvalue weighted by Crippen LogP contribution is 2.20. The highest BCUT2D eigenvalue weighted by atomic mass is 16.5. The number of nitrogens with zero attached hydrogens (tertiary/aromatic N) is 1. The van der Waals surface area contributed by atoms with Crippen molar-refractivity contribution in [2.45, 2.75) is 19.3 Å². The number of likely N-dealkylation sites (tertiary alicyclic amines) is 1. The third kappa shape index (κ3) is 4.86. The quantitative estimate of drug-likeness (QED) is 0.793. The molecule has 134 valence electrons. The number of hydrogen-bond acceptors (Lipinski definition) is 3. The lowest BCUT2D eigenvalue weighted by molar-refractivity contribution is 0.129. The number of carbonyl (C=O) groups excluding carboxylic acids is 1. The van der Waals surface area contributed by atoms with Gasteiger partial charge in [0, 0.05) is 26.2 Å². The molecule has 1 saturated heterocycles. The number of amides is 2. The molecule has 2 aromatic rings. The summed E-state index contributed by atoms with van der Waals surface area (Å²) in [4.78, 5) is 13.9. The van der Waals surface area contributed by atoms with Gasteiger partial charge in [-0.05, 0) is 48.1 Å². The van der Waals surface area contributed by atoms with Crippen LogP contribution in [0.1, 0.15) is 19.3 Å². The lowest BCUT2D eigenvalue weighted by Crippen LogP contribution is -2.46. The van der Waals surface area contributed by atoms with Gasteiger partial charge < -0.3 is 20.1 Å². The first-order chi connectivity index (χ1) is 12.3. The minimum absolute atomic E-state index is 0.0381. The predicted molar refractivity (Wildman–Crippen MR) is 98.8 cm³/mol. The van der Waals surface area contributed by atoms with Crippen LogP contribution in [0.5, 0.6) is 5.75 Å². The van der Waals surface area contributed by atoms with Gasteiger partial charge in [0.05, 0.1) is 6.61 Å². The maximum Gasteiger partial charge on any atom is 0.317 e. The molecule has 1 fully saturated rings. The molecule has 0 aromatic heterocycles. The smallest absolute Gasteiger partial charge is 0.317 e. The van der Waals surface area contributed by atoms with Crippen LogP contribution in [0.4, 0.5) is 4.79 Å². The first-order valence-electron chi connectivity index (χ1n) is 9.01. The number of aliphatic hydroxyl groups is 1. The van der Waals surface area contributed by atoms with Gasteiger partial charge in [0.2, 0.25) is 0 Å². The van der Waals surface area contributed by atoms with Gasteiger partial charge in [0.1, 0.15) is 5.75 Å². The second-order valence-electron chi connectivity index (χ2n) is 6.58. The summed E-state index contributed by atoms with van der Waals surface area (Å²) in [6.45, 7) is 2.74. The normalized spacial score (nSPS) is 17.5. The zero-order valence-electron chi connectivity index (χ0n) is 14.5. The number of fused-ring (bicyclic) bond motifs is 1. The van der Waals surface area contributed by atoms with Crippen LogP contribution in [0.25, 0.3) is 10.8 Å². The maximum absolute atomic E-state index is 12.1. The molecule has 1 aliphatic rings. The maximum atomic E-state index is 12.1. The number of piperidine rings is 1. The average Bonchev–Trinajstić information content (AvgIpc) is 2.67. The van der Waals surface area contributed by atoms with E-state index >= 15 is 0 Å². The van der Waals surface area contributed by atoms with Gasteiger partial charge in [-0.3, -0.25) is 0 Å². The van der Waals surface area contributed by atoms with Crippen molar-refractivity contribution >= 4 is 16.8 Å². The number of urea groups is 1. The van der Waals surface area contributed by atoms with E-state index in [4.69, 9.17) is 4.74 Å². The highest BCUT2D eigenvalue weighted by molar-refractivity contribution is 5.83. The minimum atomic E-state index is -0.0381. The van der Waals surface area contributed by atoms with E-state index in [1.165, 1.54) is 5.39 Å². The minimum Gasteiger partial charge on any atom is -0.494 e. The molecular formula is C20H26N2O3. The predicted octanol–water partition coefficient (Wildman–Crippen LogP) is 3.02. The van der Waals surface area contributed by atoms with Crippen LogP contribution in [0, 0.1) is 5.92 Å². The summed E-state index contributed by atoms with van der Waals surface area (Å²) in [5.74, 6) is 1.07. The van der Waals surface area contributed by atoms with E-state index in [1.54, 1.807) is 4.90 Å². The van der Waals surface area contributed by atoms with Crippen LogP contribution in [0.3, 0.4) is 0 Å². The first-order valence-corrected chi connectivity index (χ1v) is 9.01. The SMILES string of the molecule is O=C(NCCCOc1ccc2ccccc2c1)N1CCCC(CO)C1. The average molecular weight is 342 g/mol. The first kappa shape index (κ1) is 17.5.